The Labute approximate surface area is 151 Å². The lowest BCUT2D eigenvalue weighted by molar-refractivity contribution is 0.480. The van der Waals surface area contributed by atoms with E-state index in [9.17, 15) is 9.50 Å². The predicted octanol–water partition coefficient (Wildman–Crippen LogP) is 5.49. The van der Waals surface area contributed by atoms with Crippen LogP contribution in [0.25, 0.3) is 10.9 Å². The van der Waals surface area contributed by atoms with Gasteiger partial charge in [0.25, 0.3) is 0 Å². The number of anilines is 1. The van der Waals surface area contributed by atoms with Crippen LogP contribution in [-0.4, -0.2) is 16.3 Å². The molecule has 0 unspecified atom stereocenters. The van der Waals surface area contributed by atoms with Gasteiger partial charge in [-0.1, -0.05) is 40.9 Å². The van der Waals surface area contributed by atoms with Gasteiger partial charge in [-0.3, -0.25) is 5.43 Å². The number of aromatic hydroxyl groups is 1. The second kappa shape index (κ2) is 6.81. The molecule has 24 heavy (non-hydrogen) atoms. The van der Waals surface area contributed by atoms with Crippen molar-refractivity contribution in [3.8, 4) is 5.75 Å². The van der Waals surface area contributed by atoms with E-state index in [2.05, 4.69) is 15.5 Å². The van der Waals surface area contributed by atoms with Crippen LogP contribution in [0.1, 0.15) is 5.56 Å². The van der Waals surface area contributed by atoms with Gasteiger partial charge in [-0.15, -0.1) is 0 Å². The summed E-state index contributed by atoms with van der Waals surface area (Å²) in [7, 11) is 0. The van der Waals surface area contributed by atoms with Crippen molar-refractivity contribution in [3.63, 3.8) is 0 Å². The third-order valence-corrected chi connectivity index (χ3v) is 4.16. The van der Waals surface area contributed by atoms with Gasteiger partial charge >= 0.3 is 0 Å². The van der Waals surface area contributed by atoms with Crippen LogP contribution >= 0.6 is 34.8 Å². The summed E-state index contributed by atoms with van der Waals surface area (Å²) in [5, 5.41) is 15.2. The van der Waals surface area contributed by atoms with Crippen molar-refractivity contribution in [1.29, 1.82) is 0 Å². The normalized spacial score (nSPS) is 11.3. The van der Waals surface area contributed by atoms with Crippen LogP contribution in [0, 0.1) is 5.82 Å². The Kier molecular flexibility index (Phi) is 4.76. The Morgan fingerprint density at radius 3 is 2.62 bits per heavy atom. The van der Waals surface area contributed by atoms with Gasteiger partial charge < -0.3 is 5.11 Å². The Morgan fingerprint density at radius 2 is 1.88 bits per heavy atom. The second-order valence-corrected chi connectivity index (χ2v) is 6.01. The largest absolute Gasteiger partial charge is 0.504 e. The standard InChI is InChI=1S/C16H9Cl3FN3O/c17-10-2-1-3-13(20)9(10)7-21-23-14-5-4-8-11(18)6-12(19)16(24)15(8)22-14/h1-7,24H,(H,22,23)/b21-7+. The van der Waals surface area contributed by atoms with Gasteiger partial charge in [-0.2, -0.15) is 5.10 Å². The average molecular weight is 385 g/mol. The number of benzene rings is 2. The molecule has 0 fully saturated rings. The molecule has 0 aliphatic heterocycles. The minimum atomic E-state index is -0.490. The summed E-state index contributed by atoms with van der Waals surface area (Å²) in [5.41, 5.74) is 3.03. The van der Waals surface area contributed by atoms with E-state index < -0.39 is 5.82 Å². The topological polar surface area (TPSA) is 57.5 Å². The third-order valence-electron chi connectivity index (χ3n) is 3.23. The van der Waals surface area contributed by atoms with Crippen LogP contribution in [0.15, 0.2) is 41.5 Å². The lowest BCUT2D eigenvalue weighted by Gasteiger charge is -2.07. The number of aromatic nitrogens is 1. The third kappa shape index (κ3) is 3.24. The SMILES string of the molecule is Oc1c(Cl)cc(Cl)c2ccc(N/N=C/c3c(F)cccc3Cl)nc12. The van der Waals surface area contributed by atoms with Crippen molar-refractivity contribution < 1.29 is 9.50 Å². The molecular formula is C16H9Cl3FN3O. The van der Waals surface area contributed by atoms with Crippen molar-refractivity contribution in [3.05, 3.63) is 62.8 Å². The molecule has 4 nitrogen and oxygen atoms in total. The minimum absolute atomic E-state index is 0.0961. The number of hydrazone groups is 1. The van der Waals surface area contributed by atoms with E-state index in [1.807, 2.05) is 0 Å². The quantitative estimate of drug-likeness (QED) is 0.464. The summed E-state index contributed by atoms with van der Waals surface area (Å²) in [5.74, 6) is -0.351. The van der Waals surface area contributed by atoms with Gasteiger partial charge in [0.2, 0.25) is 0 Å². The lowest BCUT2D eigenvalue weighted by atomic mass is 10.2. The Bertz CT molecular complexity index is 943. The smallest absolute Gasteiger partial charge is 0.160 e. The maximum absolute atomic E-state index is 13.6. The fourth-order valence-electron chi connectivity index (χ4n) is 2.06. The highest BCUT2D eigenvalue weighted by Gasteiger charge is 2.11. The highest BCUT2D eigenvalue weighted by Crippen LogP contribution is 2.36. The number of phenolic OH excluding ortho intramolecular Hbond substituents is 1. The van der Waals surface area contributed by atoms with Gasteiger partial charge in [-0.05, 0) is 30.3 Å². The van der Waals surface area contributed by atoms with Crippen LogP contribution in [-0.2, 0) is 0 Å². The van der Waals surface area contributed by atoms with Crippen LogP contribution < -0.4 is 5.43 Å². The molecule has 0 amide bonds. The van der Waals surface area contributed by atoms with E-state index in [4.69, 9.17) is 34.8 Å². The zero-order valence-electron chi connectivity index (χ0n) is 11.9. The second-order valence-electron chi connectivity index (χ2n) is 4.79. The molecule has 0 saturated carbocycles. The minimum Gasteiger partial charge on any atom is -0.504 e. The van der Waals surface area contributed by atoms with Gasteiger partial charge in [0.05, 0.1) is 21.3 Å². The number of hydrogen-bond acceptors (Lipinski definition) is 4. The predicted molar refractivity (Wildman–Crippen MR) is 96.1 cm³/mol. The van der Waals surface area contributed by atoms with Gasteiger partial charge in [0.1, 0.15) is 17.2 Å². The summed E-state index contributed by atoms with van der Waals surface area (Å²) >= 11 is 17.9. The molecule has 0 spiro atoms. The molecule has 0 radical (unpaired) electrons. The molecule has 2 aromatic carbocycles. The Hall–Kier alpha value is -2.08. The Morgan fingerprint density at radius 1 is 1.08 bits per heavy atom. The van der Waals surface area contributed by atoms with Crippen molar-refractivity contribution in [2.24, 2.45) is 5.10 Å². The van der Waals surface area contributed by atoms with Crippen molar-refractivity contribution in [2.45, 2.75) is 0 Å². The first kappa shape index (κ1) is 16.8. The van der Waals surface area contributed by atoms with E-state index in [-0.39, 0.29) is 26.9 Å². The highest BCUT2D eigenvalue weighted by molar-refractivity contribution is 6.39. The lowest BCUT2D eigenvalue weighted by Crippen LogP contribution is -1.96. The Balaban J connectivity index is 1.91. The fourth-order valence-corrected chi connectivity index (χ4v) is 2.79. The van der Waals surface area contributed by atoms with Crippen LogP contribution in [0.3, 0.4) is 0 Å². The summed E-state index contributed by atoms with van der Waals surface area (Å²) in [6.45, 7) is 0. The molecule has 0 aliphatic rings. The maximum atomic E-state index is 13.6. The molecule has 2 N–H and O–H groups in total. The molecule has 1 aromatic heterocycles. The molecule has 3 aromatic rings. The monoisotopic (exact) mass is 383 g/mol. The number of pyridine rings is 1. The molecule has 122 valence electrons. The van der Waals surface area contributed by atoms with Crippen molar-refractivity contribution in [2.75, 3.05) is 5.43 Å². The fraction of sp³-hybridized carbons (Fsp3) is 0. The van der Waals surface area contributed by atoms with Crippen LogP contribution in [0.2, 0.25) is 15.1 Å². The van der Waals surface area contributed by atoms with Crippen LogP contribution in [0.5, 0.6) is 5.75 Å². The molecule has 3 rings (SSSR count). The number of rotatable bonds is 3. The molecule has 8 heteroatoms. The van der Waals surface area contributed by atoms with Gasteiger partial charge in [0, 0.05) is 10.9 Å². The van der Waals surface area contributed by atoms with Crippen LogP contribution in [0.4, 0.5) is 10.2 Å². The molecule has 0 atom stereocenters. The summed E-state index contributed by atoms with van der Waals surface area (Å²) in [6, 6.07) is 9.06. The van der Waals surface area contributed by atoms with E-state index in [0.29, 0.717) is 16.2 Å². The molecule has 1 heterocycles. The van der Waals surface area contributed by atoms with E-state index in [1.165, 1.54) is 24.4 Å². The average Bonchev–Trinajstić information content (AvgIpc) is 2.55. The van der Waals surface area contributed by atoms with Gasteiger partial charge in [-0.25, -0.2) is 9.37 Å². The number of phenols is 1. The molecular weight excluding hydrogens is 376 g/mol. The highest BCUT2D eigenvalue weighted by atomic mass is 35.5. The van der Waals surface area contributed by atoms with E-state index in [1.54, 1.807) is 18.2 Å². The number of hydrogen-bond donors (Lipinski definition) is 2. The summed E-state index contributed by atoms with van der Waals surface area (Å²) in [6.07, 6.45) is 1.24. The first-order chi connectivity index (χ1) is 11.5. The number of nitrogens with one attached hydrogen (secondary N) is 1. The van der Waals surface area contributed by atoms with Gasteiger partial charge in [0.15, 0.2) is 5.75 Å². The molecule has 0 aliphatic carbocycles. The van der Waals surface area contributed by atoms with Crippen molar-refractivity contribution in [1.82, 2.24) is 4.98 Å². The maximum Gasteiger partial charge on any atom is 0.160 e. The molecule has 0 bridgehead atoms. The molecule has 0 saturated heterocycles. The van der Waals surface area contributed by atoms with E-state index >= 15 is 0 Å². The van der Waals surface area contributed by atoms with Crippen molar-refractivity contribution >= 4 is 57.7 Å². The zero-order valence-corrected chi connectivity index (χ0v) is 14.2. The summed E-state index contributed by atoms with van der Waals surface area (Å²) in [4.78, 5) is 4.20. The first-order valence-corrected chi connectivity index (χ1v) is 7.81. The first-order valence-electron chi connectivity index (χ1n) is 6.68. The number of nitrogens with zero attached hydrogens (tertiary/aromatic N) is 2. The number of halogens is 4. The summed E-state index contributed by atoms with van der Waals surface area (Å²) < 4.78 is 13.6. The zero-order chi connectivity index (χ0) is 17.3. The van der Waals surface area contributed by atoms with E-state index in [0.717, 1.165) is 0 Å². The number of fused-ring (bicyclic) bond motifs is 1.